The van der Waals surface area contributed by atoms with Crippen molar-refractivity contribution in [1.29, 1.82) is 0 Å². The Balaban J connectivity index is 2.75. The quantitative estimate of drug-likeness (QED) is 0.776. The average molecular weight is 229 g/mol. The second kappa shape index (κ2) is 5.23. The molecule has 0 atom stereocenters. The molecule has 5 heteroatoms. The van der Waals surface area contributed by atoms with Crippen LogP contribution in [0.3, 0.4) is 0 Å². The molecule has 1 rings (SSSR count). The van der Waals surface area contributed by atoms with Gasteiger partial charge >= 0.3 is 0 Å². The van der Waals surface area contributed by atoms with Crippen molar-refractivity contribution in [2.75, 3.05) is 5.75 Å². The van der Waals surface area contributed by atoms with Gasteiger partial charge in [-0.3, -0.25) is 9.54 Å². The van der Waals surface area contributed by atoms with Crippen molar-refractivity contribution in [3.8, 4) is 0 Å². The minimum absolute atomic E-state index is 0.228. The Labute approximate surface area is 90.1 Å². The molecule has 0 saturated carbocycles. The van der Waals surface area contributed by atoms with E-state index in [1.54, 1.807) is 18.5 Å². The number of aryl methyl sites for hydroxylation is 2. The summed E-state index contributed by atoms with van der Waals surface area (Å²) in [4.78, 5) is 4.00. The molecule has 0 amide bonds. The van der Waals surface area contributed by atoms with E-state index >= 15 is 0 Å². The second-order valence-electron chi connectivity index (χ2n) is 3.43. The maximum absolute atomic E-state index is 10.6. The number of rotatable bonds is 5. The molecule has 84 valence electrons. The van der Waals surface area contributed by atoms with E-state index in [-0.39, 0.29) is 5.75 Å². The van der Waals surface area contributed by atoms with Gasteiger partial charge < -0.3 is 0 Å². The van der Waals surface area contributed by atoms with Crippen molar-refractivity contribution >= 4 is 10.1 Å². The third-order valence-electron chi connectivity index (χ3n) is 2.15. The van der Waals surface area contributed by atoms with Gasteiger partial charge in [0.2, 0.25) is 0 Å². The maximum Gasteiger partial charge on any atom is 0.265 e. The summed E-state index contributed by atoms with van der Waals surface area (Å²) < 4.78 is 29.9. The van der Waals surface area contributed by atoms with Crippen LogP contribution in [0.5, 0.6) is 0 Å². The van der Waals surface area contributed by atoms with Crippen LogP contribution >= 0.6 is 0 Å². The SMILES string of the molecule is CCCc1cnccc1CCS(=O)(=O)O. The van der Waals surface area contributed by atoms with Crippen molar-refractivity contribution in [2.24, 2.45) is 0 Å². The third-order valence-corrected chi connectivity index (χ3v) is 2.87. The Morgan fingerprint density at radius 3 is 2.67 bits per heavy atom. The number of pyridine rings is 1. The van der Waals surface area contributed by atoms with Gasteiger partial charge in [-0.25, -0.2) is 0 Å². The molecular weight excluding hydrogens is 214 g/mol. The molecule has 1 aromatic heterocycles. The molecule has 0 unspecified atom stereocenters. The summed E-state index contributed by atoms with van der Waals surface area (Å²) in [6.07, 6.45) is 5.61. The fourth-order valence-corrected chi connectivity index (χ4v) is 1.91. The van der Waals surface area contributed by atoms with Gasteiger partial charge in [0.15, 0.2) is 0 Å². The lowest BCUT2D eigenvalue weighted by Crippen LogP contribution is -2.08. The van der Waals surface area contributed by atoms with Gasteiger partial charge in [-0.1, -0.05) is 13.3 Å². The van der Waals surface area contributed by atoms with Crippen LogP contribution < -0.4 is 0 Å². The fraction of sp³-hybridized carbons (Fsp3) is 0.500. The standard InChI is InChI=1S/C10H15NO3S/c1-2-3-10-8-11-6-4-9(10)5-7-15(12,13)14/h4,6,8H,2-3,5,7H2,1H3,(H,12,13,14). The first-order valence-electron chi connectivity index (χ1n) is 4.90. The van der Waals surface area contributed by atoms with Crippen LogP contribution in [0.25, 0.3) is 0 Å². The smallest absolute Gasteiger partial charge is 0.265 e. The molecule has 0 aliphatic rings. The monoisotopic (exact) mass is 229 g/mol. The first-order valence-corrected chi connectivity index (χ1v) is 6.51. The highest BCUT2D eigenvalue weighted by Crippen LogP contribution is 2.10. The summed E-state index contributed by atoms with van der Waals surface area (Å²) in [7, 11) is -3.87. The molecule has 0 spiro atoms. The lowest BCUT2D eigenvalue weighted by Gasteiger charge is -2.06. The molecular formula is C10H15NO3S. The zero-order valence-electron chi connectivity index (χ0n) is 8.68. The van der Waals surface area contributed by atoms with Crippen LogP contribution in [0.2, 0.25) is 0 Å². The predicted octanol–water partition coefficient (Wildman–Crippen LogP) is 1.46. The molecule has 1 N–H and O–H groups in total. The molecule has 0 radical (unpaired) electrons. The summed E-state index contributed by atoms with van der Waals surface area (Å²) in [6.45, 7) is 2.06. The Morgan fingerprint density at radius 1 is 1.33 bits per heavy atom. The highest BCUT2D eigenvalue weighted by Gasteiger charge is 2.07. The van der Waals surface area contributed by atoms with Crippen molar-refractivity contribution in [2.45, 2.75) is 26.2 Å². The molecule has 15 heavy (non-hydrogen) atoms. The molecule has 0 aliphatic carbocycles. The van der Waals surface area contributed by atoms with Crippen molar-refractivity contribution in [3.63, 3.8) is 0 Å². The zero-order valence-corrected chi connectivity index (χ0v) is 9.50. The van der Waals surface area contributed by atoms with E-state index < -0.39 is 10.1 Å². The van der Waals surface area contributed by atoms with Gasteiger partial charge in [0.05, 0.1) is 5.75 Å². The largest absolute Gasteiger partial charge is 0.286 e. The van der Waals surface area contributed by atoms with Gasteiger partial charge in [-0.05, 0) is 30.0 Å². The minimum atomic E-state index is -3.87. The van der Waals surface area contributed by atoms with Crippen LogP contribution in [0.1, 0.15) is 24.5 Å². The van der Waals surface area contributed by atoms with Crippen molar-refractivity contribution < 1.29 is 13.0 Å². The second-order valence-corrected chi connectivity index (χ2v) is 5.00. The molecule has 1 heterocycles. The van der Waals surface area contributed by atoms with Crippen LogP contribution in [0, 0.1) is 0 Å². The lowest BCUT2D eigenvalue weighted by atomic mass is 10.0. The summed E-state index contributed by atoms with van der Waals surface area (Å²) in [5, 5.41) is 0. The zero-order chi connectivity index (χ0) is 11.3. The predicted molar refractivity (Wildman–Crippen MR) is 58.4 cm³/mol. The Bertz CT molecular complexity index is 414. The van der Waals surface area contributed by atoms with Crippen molar-refractivity contribution in [3.05, 3.63) is 29.6 Å². The minimum Gasteiger partial charge on any atom is -0.286 e. The lowest BCUT2D eigenvalue weighted by molar-refractivity contribution is 0.482. The molecule has 1 aromatic rings. The highest BCUT2D eigenvalue weighted by atomic mass is 32.2. The topological polar surface area (TPSA) is 67.3 Å². The van der Waals surface area contributed by atoms with Crippen LogP contribution in [0.4, 0.5) is 0 Å². The van der Waals surface area contributed by atoms with E-state index in [2.05, 4.69) is 11.9 Å². The Kier molecular flexibility index (Phi) is 4.23. The van der Waals surface area contributed by atoms with Gasteiger partial charge in [0.25, 0.3) is 10.1 Å². The molecule has 0 fully saturated rings. The van der Waals surface area contributed by atoms with E-state index in [4.69, 9.17) is 4.55 Å². The number of hydrogen-bond donors (Lipinski definition) is 1. The van der Waals surface area contributed by atoms with Gasteiger partial charge in [0.1, 0.15) is 0 Å². The van der Waals surface area contributed by atoms with Crippen molar-refractivity contribution in [1.82, 2.24) is 4.98 Å². The first-order chi connectivity index (χ1) is 7.03. The molecule has 0 aromatic carbocycles. The maximum atomic E-state index is 10.6. The Morgan fingerprint density at radius 2 is 2.07 bits per heavy atom. The van der Waals surface area contributed by atoms with Crippen LogP contribution in [-0.4, -0.2) is 23.7 Å². The number of aromatic nitrogens is 1. The van der Waals surface area contributed by atoms with Gasteiger partial charge in [-0.2, -0.15) is 8.42 Å². The molecule has 0 aliphatic heterocycles. The summed E-state index contributed by atoms with van der Waals surface area (Å²) in [5.41, 5.74) is 2.01. The number of nitrogens with zero attached hydrogens (tertiary/aromatic N) is 1. The van der Waals surface area contributed by atoms with Gasteiger partial charge in [0, 0.05) is 12.4 Å². The first kappa shape index (κ1) is 12.1. The van der Waals surface area contributed by atoms with E-state index in [1.165, 1.54) is 0 Å². The number of hydrogen-bond acceptors (Lipinski definition) is 3. The van der Waals surface area contributed by atoms with Crippen LogP contribution in [0.15, 0.2) is 18.5 Å². The highest BCUT2D eigenvalue weighted by molar-refractivity contribution is 7.85. The normalized spacial score (nSPS) is 11.6. The van der Waals surface area contributed by atoms with Crippen LogP contribution in [-0.2, 0) is 23.0 Å². The molecule has 4 nitrogen and oxygen atoms in total. The van der Waals surface area contributed by atoms with E-state index in [0.29, 0.717) is 6.42 Å². The summed E-state index contributed by atoms with van der Waals surface area (Å²) in [5.74, 6) is -0.228. The van der Waals surface area contributed by atoms with E-state index in [1.807, 2.05) is 0 Å². The summed E-state index contributed by atoms with van der Waals surface area (Å²) in [6, 6.07) is 1.80. The third kappa shape index (κ3) is 4.40. The van der Waals surface area contributed by atoms with E-state index in [9.17, 15) is 8.42 Å². The van der Waals surface area contributed by atoms with E-state index in [0.717, 1.165) is 24.0 Å². The van der Waals surface area contributed by atoms with Gasteiger partial charge in [-0.15, -0.1) is 0 Å². The molecule has 0 saturated heterocycles. The average Bonchev–Trinajstić information content (AvgIpc) is 2.16. The Hall–Kier alpha value is -0.940. The molecule has 0 bridgehead atoms. The fourth-order valence-electron chi connectivity index (χ4n) is 1.43. The summed E-state index contributed by atoms with van der Waals surface area (Å²) >= 11 is 0.